The van der Waals surface area contributed by atoms with Crippen LogP contribution >= 0.6 is 11.6 Å². The van der Waals surface area contributed by atoms with Crippen molar-refractivity contribution >= 4 is 52.6 Å². The van der Waals surface area contributed by atoms with Gasteiger partial charge in [-0.15, -0.1) is 0 Å². The number of hydrogen-bond donors (Lipinski definition) is 1. The number of non-ortho nitro benzene ring substituents is 1. The molecule has 0 spiro atoms. The van der Waals surface area contributed by atoms with Crippen LogP contribution < -0.4 is 10.2 Å². The van der Waals surface area contributed by atoms with E-state index in [0.717, 1.165) is 16.0 Å². The minimum Gasteiger partial charge on any atom is -0.324 e. The van der Waals surface area contributed by atoms with Crippen LogP contribution in [0.2, 0.25) is 5.02 Å². The molecule has 2 saturated heterocycles. The molecule has 1 unspecified atom stereocenters. The quantitative estimate of drug-likeness (QED) is 0.320. The van der Waals surface area contributed by atoms with E-state index in [-0.39, 0.29) is 11.4 Å². The van der Waals surface area contributed by atoms with E-state index in [0.29, 0.717) is 10.7 Å². The maximum Gasteiger partial charge on any atom is 0.271 e. The molecule has 37 heavy (non-hydrogen) atoms. The highest BCUT2D eigenvalue weighted by Crippen LogP contribution is 2.52. The van der Waals surface area contributed by atoms with Gasteiger partial charge in [-0.2, -0.15) is 5.10 Å². The monoisotopic (exact) mass is 515 g/mol. The second-order valence-corrected chi connectivity index (χ2v) is 9.42. The molecular formula is C26H18ClN5O5. The maximum absolute atomic E-state index is 13.8. The van der Waals surface area contributed by atoms with Crippen molar-refractivity contribution in [3.8, 4) is 0 Å². The van der Waals surface area contributed by atoms with Gasteiger partial charge in [0.25, 0.3) is 5.69 Å². The van der Waals surface area contributed by atoms with Crippen molar-refractivity contribution in [1.29, 1.82) is 0 Å². The molecule has 184 valence electrons. The van der Waals surface area contributed by atoms with Gasteiger partial charge in [0, 0.05) is 22.8 Å². The van der Waals surface area contributed by atoms with Crippen LogP contribution in [0.15, 0.2) is 77.9 Å². The van der Waals surface area contributed by atoms with Crippen molar-refractivity contribution < 1.29 is 19.3 Å². The fourth-order valence-electron chi connectivity index (χ4n) is 5.42. The summed E-state index contributed by atoms with van der Waals surface area (Å²) in [5.74, 6) is -3.59. The zero-order valence-corrected chi connectivity index (χ0v) is 19.8. The lowest BCUT2D eigenvalue weighted by atomic mass is 9.85. The number of carbonyl (C=O) groups excluding carboxylic acids is 3. The summed E-state index contributed by atoms with van der Waals surface area (Å²) in [6, 6.07) is 17.5. The number of nitro benzene ring substituents is 1. The summed E-state index contributed by atoms with van der Waals surface area (Å²) in [4.78, 5) is 52.9. The zero-order valence-electron chi connectivity index (χ0n) is 19.0. The van der Waals surface area contributed by atoms with Crippen molar-refractivity contribution in [2.75, 3.05) is 10.2 Å². The van der Waals surface area contributed by atoms with E-state index in [1.165, 1.54) is 29.3 Å². The number of hydrazone groups is 1. The van der Waals surface area contributed by atoms with E-state index in [4.69, 9.17) is 11.6 Å². The number of hydrogen-bond acceptors (Lipinski definition) is 7. The van der Waals surface area contributed by atoms with E-state index in [1.807, 2.05) is 24.3 Å². The molecule has 0 bridgehead atoms. The van der Waals surface area contributed by atoms with Crippen molar-refractivity contribution in [2.24, 2.45) is 16.9 Å². The maximum atomic E-state index is 13.8. The molecule has 2 fully saturated rings. The van der Waals surface area contributed by atoms with Gasteiger partial charge < -0.3 is 5.32 Å². The smallest absolute Gasteiger partial charge is 0.271 e. The van der Waals surface area contributed by atoms with E-state index < -0.39 is 46.6 Å². The standard InChI is InChI=1S/C26H18ClN5O5/c27-15-8-10-16(11-9-15)29-24(33)23-21-20(22-19-7-2-1-4-14(19)13-28-31(22)23)25(34)30(26(21)35)17-5-3-6-18(12-17)32(36)37/h1-13,20-23H,(H,29,33)/t20-,21+,22?,23-/m1/s1. The van der Waals surface area contributed by atoms with Crippen molar-refractivity contribution in [3.05, 3.63) is 99.1 Å². The van der Waals surface area contributed by atoms with Crippen molar-refractivity contribution in [1.82, 2.24) is 5.01 Å². The van der Waals surface area contributed by atoms with E-state index >= 15 is 0 Å². The molecule has 0 aromatic heterocycles. The van der Waals surface area contributed by atoms with Gasteiger partial charge in [0.2, 0.25) is 17.7 Å². The molecule has 6 rings (SSSR count). The minimum atomic E-state index is -1.09. The van der Waals surface area contributed by atoms with E-state index in [1.54, 1.807) is 30.5 Å². The van der Waals surface area contributed by atoms with Crippen molar-refractivity contribution in [2.45, 2.75) is 12.1 Å². The number of imide groups is 1. The summed E-state index contributed by atoms with van der Waals surface area (Å²) in [6.07, 6.45) is 1.61. The van der Waals surface area contributed by atoms with Gasteiger partial charge >= 0.3 is 0 Å². The summed E-state index contributed by atoms with van der Waals surface area (Å²) >= 11 is 5.96. The van der Waals surface area contributed by atoms with Gasteiger partial charge in [-0.3, -0.25) is 29.5 Å². The van der Waals surface area contributed by atoms with Gasteiger partial charge in [-0.05, 0) is 41.5 Å². The lowest BCUT2D eigenvalue weighted by molar-refractivity contribution is -0.384. The Labute approximate surface area is 215 Å². The van der Waals surface area contributed by atoms with Gasteiger partial charge in [0.1, 0.15) is 6.04 Å². The second kappa shape index (κ2) is 8.52. The molecule has 3 aliphatic heterocycles. The average molecular weight is 516 g/mol. The first-order chi connectivity index (χ1) is 17.8. The number of anilines is 2. The van der Waals surface area contributed by atoms with Gasteiger partial charge in [0.15, 0.2) is 0 Å². The van der Waals surface area contributed by atoms with Gasteiger partial charge in [-0.1, -0.05) is 41.9 Å². The topological polar surface area (TPSA) is 125 Å². The normalized spacial score (nSPS) is 23.5. The molecule has 3 heterocycles. The predicted octanol–water partition coefficient (Wildman–Crippen LogP) is 3.77. The van der Waals surface area contributed by atoms with Crippen LogP contribution in [0.3, 0.4) is 0 Å². The molecule has 3 aromatic rings. The number of nitrogens with one attached hydrogen (secondary N) is 1. The molecule has 0 aliphatic carbocycles. The number of amides is 3. The number of nitrogens with zero attached hydrogens (tertiary/aromatic N) is 4. The lowest BCUT2D eigenvalue weighted by Crippen LogP contribution is -2.46. The summed E-state index contributed by atoms with van der Waals surface area (Å²) in [6.45, 7) is 0. The summed E-state index contributed by atoms with van der Waals surface area (Å²) in [7, 11) is 0. The summed E-state index contributed by atoms with van der Waals surface area (Å²) < 4.78 is 0. The summed E-state index contributed by atoms with van der Waals surface area (Å²) in [5.41, 5.74) is 1.88. The van der Waals surface area contributed by atoms with Crippen LogP contribution in [0.4, 0.5) is 17.1 Å². The number of benzene rings is 3. The molecular weight excluding hydrogens is 498 g/mol. The molecule has 1 N–H and O–H groups in total. The largest absolute Gasteiger partial charge is 0.324 e. The first-order valence-electron chi connectivity index (χ1n) is 11.4. The Morgan fingerprint density at radius 2 is 1.70 bits per heavy atom. The number of halogens is 1. The number of carbonyl (C=O) groups is 3. The van der Waals surface area contributed by atoms with Crippen LogP contribution in [-0.2, 0) is 14.4 Å². The fourth-order valence-corrected chi connectivity index (χ4v) is 5.54. The molecule has 3 aliphatic rings. The van der Waals surface area contributed by atoms with Crippen molar-refractivity contribution in [3.63, 3.8) is 0 Å². The number of nitro groups is 1. The minimum absolute atomic E-state index is 0.0922. The van der Waals surface area contributed by atoms with E-state index in [2.05, 4.69) is 10.4 Å². The Balaban J connectivity index is 1.44. The number of fused-ring (bicyclic) bond motifs is 5. The van der Waals surface area contributed by atoms with Crippen LogP contribution in [0.25, 0.3) is 0 Å². The molecule has 4 atom stereocenters. The third-order valence-corrected chi connectivity index (χ3v) is 7.22. The molecule has 10 nitrogen and oxygen atoms in total. The van der Waals surface area contributed by atoms with Crippen LogP contribution in [0.5, 0.6) is 0 Å². The third kappa shape index (κ3) is 3.56. The Morgan fingerprint density at radius 3 is 2.46 bits per heavy atom. The molecule has 0 saturated carbocycles. The Bertz CT molecular complexity index is 1510. The highest BCUT2D eigenvalue weighted by atomic mass is 35.5. The lowest BCUT2D eigenvalue weighted by Gasteiger charge is -2.33. The predicted molar refractivity (Wildman–Crippen MR) is 135 cm³/mol. The third-order valence-electron chi connectivity index (χ3n) is 6.97. The average Bonchev–Trinajstić information content (AvgIpc) is 3.38. The fraction of sp³-hybridized carbons (Fsp3) is 0.154. The Morgan fingerprint density at radius 1 is 0.973 bits per heavy atom. The SMILES string of the molecule is O=C(Nc1ccc(Cl)cc1)[C@H]1[C@H]2C(=O)N(c3cccc([N+](=O)[O-])c3)C(=O)[C@H]2C2c3ccccc3C=NN21. The van der Waals surface area contributed by atoms with Crippen LogP contribution in [-0.4, -0.2) is 39.9 Å². The molecule has 11 heteroatoms. The Kier molecular flexibility index (Phi) is 5.27. The molecule has 3 aromatic carbocycles. The number of rotatable bonds is 4. The Hall–Kier alpha value is -4.57. The first kappa shape index (κ1) is 22.9. The zero-order chi connectivity index (χ0) is 25.8. The van der Waals surface area contributed by atoms with E-state index in [9.17, 15) is 24.5 Å². The van der Waals surface area contributed by atoms with Gasteiger partial charge in [0.05, 0.1) is 34.7 Å². The van der Waals surface area contributed by atoms with Crippen LogP contribution in [0, 0.1) is 22.0 Å². The molecule has 0 radical (unpaired) electrons. The second-order valence-electron chi connectivity index (χ2n) is 8.98. The first-order valence-corrected chi connectivity index (χ1v) is 11.8. The van der Waals surface area contributed by atoms with Crippen LogP contribution in [0.1, 0.15) is 17.2 Å². The van der Waals surface area contributed by atoms with Gasteiger partial charge in [-0.25, -0.2) is 4.90 Å². The molecule has 3 amide bonds. The highest BCUT2D eigenvalue weighted by Gasteiger charge is 2.65. The highest BCUT2D eigenvalue weighted by molar-refractivity contribution is 6.30. The summed E-state index contributed by atoms with van der Waals surface area (Å²) in [5, 5.41) is 20.7.